The summed E-state index contributed by atoms with van der Waals surface area (Å²) in [7, 11) is 1.58. The van der Waals surface area contributed by atoms with E-state index in [2.05, 4.69) is 5.10 Å². The standard InChI is InChI=1S/C19H27N3O4/c1-13-11-20-22-12-16(25-5)14(10-15(13)22)19(24)6-8-21(9-7-19)17(23)26-18(2,3)4/h10-12,24H,6-9H2,1-5H3. The molecule has 3 heterocycles. The predicted octanol–water partition coefficient (Wildman–Crippen LogP) is 2.87. The number of aliphatic hydroxyl groups is 1. The van der Waals surface area contributed by atoms with E-state index in [1.807, 2.05) is 33.8 Å². The molecule has 3 rings (SSSR count). The van der Waals surface area contributed by atoms with Crippen molar-refractivity contribution >= 4 is 11.6 Å². The average molecular weight is 361 g/mol. The van der Waals surface area contributed by atoms with E-state index < -0.39 is 11.2 Å². The fourth-order valence-corrected chi connectivity index (χ4v) is 3.31. The van der Waals surface area contributed by atoms with Crippen molar-refractivity contribution in [3.63, 3.8) is 0 Å². The second kappa shape index (κ2) is 6.46. The van der Waals surface area contributed by atoms with Gasteiger partial charge in [0.1, 0.15) is 11.4 Å². The number of rotatable bonds is 2. The molecule has 0 aromatic carbocycles. The summed E-state index contributed by atoms with van der Waals surface area (Å²) < 4.78 is 12.7. The van der Waals surface area contributed by atoms with Crippen molar-refractivity contribution in [2.75, 3.05) is 20.2 Å². The molecule has 0 unspecified atom stereocenters. The number of ether oxygens (including phenoxy) is 2. The summed E-state index contributed by atoms with van der Waals surface area (Å²) in [6.45, 7) is 8.38. The number of fused-ring (bicyclic) bond motifs is 1. The van der Waals surface area contributed by atoms with Crippen LogP contribution in [0.4, 0.5) is 4.79 Å². The SMILES string of the molecule is COc1cn2ncc(C)c2cc1C1(O)CCN(C(=O)OC(C)(C)C)CC1. The van der Waals surface area contributed by atoms with Crippen LogP contribution in [0, 0.1) is 6.92 Å². The van der Waals surface area contributed by atoms with Crippen molar-refractivity contribution in [1.29, 1.82) is 0 Å². The van der Waals surface area contributed by atoms with Crippen LogP contribution in [-0.2, 0) is 10.3 Å². The molecule has 1 fully saturated rings. The number of carbonyl (C=O) groups excluding carboxylic acids is 1. The van der Waals surface area contributed by atoms with E-state index in [0.29, 0.717) is 31.7 Å². The first-order valence-electron chi connectivity index (χ1n) is 8.86. The van der Waals surface area contributed by atoms with Gasteiger partial charge in [0, 0.05) is 18.7 Å². The predicted molar refractivity (Wildman–Crippen MR) is 97.4 cm³/mol. The molecule has 0 aliphatic carbocycles. The normalized spacial score (nSPS) is 17.4. The average Bonchev–Trinajstić information content (AvgIpc) is 2.93. The second-order valence-electron chi connectivity index (χ2n) is 7.91. The zero-order valence-electron chi connectivity index (χ0n) is 16.1. The first-order valence-corrected chi connectivity index (χ1v) is 8.86. The number of hydrogen-bond acceptors (Lipinski definition) is 5. The summed E-state index contributed by atoms with van der Waals surface area (Å²) in [5, 5.41) is 15.6. The lowest BCUT2D eigenvalue weighted by atomic mass is 9.84. The zero-order valence-corrected chi connectivity index (χ0v) is 16.1. The lowest BCUT2D eigenvalue weighted by Crippen LogP contribution is -2.47. The summed E-state index contributed by atoms with van der Waals surface area (Å²) in [6.07, 6.45) is 4.08. The number of methoxy groups -OCH3 is 1. The van der Waals surface area contributed by atoms with Crippen LogP contribution in [0.2, 0.25) is 0 Å². The number of likely N-dealkylation sites (tertiary alicyclic amines) is 1. The highest BCUT2D eigenvalue weighted by molar-refractivity contribution is 5.68. The van der Waals surface area contributed by atoms with Crippen LogP contribution in [0.25, 0.3) is 5.52 Å². The fraction of sp³-hybridized carbons (Fsp3) is 0.579. The number of carbonyl (C=O) groups is 1. The zero-order chi connectivity index (χ0) is 19.1. The van der Waals surface area contributed by atoms with Gasteiger partial charge >= 0.3 is 6.09 Å². The molecular weight excluding hydrogens is 334 g/mol. The Labute approximate surface area is 153 Å². The molecule has 1 saturated heterocycles. The second-order valence-corrected chi connectivity index (χ2v) is 7.91. The van der Waals surface area contributed by atoms with E-state index in [1.165, 1.54) is 0 Å². The molecule has 7 heteroatoms. The Bertz CT molecular complexity index is 814. The molecule has 1 aliphatic rings. The monoisotopic (exact) mass is 361 g/mol. The maximum absolute atomic E-state index is 12.3. The van der Waals surface area contributed by atoms with E-state index in [4.69, 9.17) is 9.47 Å². The minimum atomic E-state index is -1.05. The van der Waals surface area contributed by atoms with Gasteiger partial charge in [-0.1, -0.05) is 0 Å². The minimum Gasteiger partial charge on any atom is -0.495 e. The van der Waals surface area contributed by atoms with Crippen molar-refractivity contribution in [3.8, 4) is 5.75 Å². The molecule has 0 saturated carbocycles. The Morgan fingerprint density at radius 2 is 1.96 bits per heavy atom. The van der Waals surface area contributed by atoms with Gasteiger partial charge in [0.05, 0.1) is 30.6 Å². The van der Waals surface area contributed by atoms with Gasteiger partial charge in [0.15, 0.2) is 0 Å². The minimum absolute atomic E-state index is 0.339. The summed E-state index contributed by atoms with van der Waals surface area (Å²) >= 11 is 0. The van der Waals surface area contributed by atoms with Crippen molar-refractivity contribution in [3.05, 3.63) is 29.6 Å². The van der Waals surface area contributed by atoms with Crippen LogP contribution >= 0.6 is 0 Å². The van der Waals surface area contributed by atoms with Gasteiger partial charge < -0.3 is 19.5 Å². The molecule has 1 N–H and O–H groups in total. The molecule has 0 bridgehead atoms. The Kier molecular flexibility index (Phi) is 4.60. The Morgan fingerprint density at radius 1 is 1.31 bits per heavy atom. The summed E-state index contributed by atoms with van der Waals surface area (Å²) in [6, 6.07) is 1.93. The van der Waals surface area contributed by atoms with E-state index in [1.54, 1.807) is 28.9 Å². The molecule has 26 heavy (non-hydrogen) atoms. The fourth-order valence-electron chi connectivity index (χ4n) is 3.31. The highest BCUT2D eigenvalue weighted by Gasteiger charge is 2.39. The van der Waals surface area contributed by atoms with Gasteiger partial charge in [-0.3, -0.25) is 0 Å². The molecule has 2 aromatic heterocycles. The summed E-state index contributed by atoms with van der Waals surface area (Å²) in [5.41, 5.74) is 1.12. The van der Waals surface area contributed by atoms with E-state index in [0.717, 1.165) is 16.6 Å². The maximum Gasteiger partial charge on any atom is 0.410 e. The smallest absolute Gasteiger partial charge is 0.410 e. The van der Waals surface area contributed by atoms with Crippen molar-refractivity contribution in [2.24, 2.45) is 0 Å². The van der Waals surface area contributed by atoms with E-state index in [9.17, 15) is 9.90 Å². The van der Waals surface area contributed by atoms with Gasteiger partial charge in [-0.2, -0.15) is 5.10 Å². The number of piperidine rings is 1. The highest BCUT2D eigenvalue weighted by Crippen LogP contribution is 2.39. The third-order valence-corrected chi connectivity index (χ3v) is 4.78. The Balaban J connectivity index is 1.83. The van der Waals surface area contributed by atoms with Crippen LogP contribution in [0.15, 0.2) is 18.5 Å². The molecule has 0 radical (unpaired) electrons. The molecule has 0 atom stereocenters. The highest BCUT2D eigenvalue weighted by atomic mass is 16.6. The van der Waals surface area contributed by atoms with Crippen LogP contribution < -0.4 is 4.74 Å². The number of pyridine rings is 1. The van der Waals surface area contributed by atoms with Gasteiger partial charge in [-0.25, -0.2) is 9.31 Å². The van der Waals surface area contributed by atoms with Crippen molar-refractivity contribution < 1.29 is 19.4 Å². The van der Waals surface area contributed by atoms with Crippen LogP contribution in [0.1, 0.15) is 44.7 Å². The largest absolute Gasteiger partial charge is 0.495 e. The molecule has 142 valence electrons. The Hall–Kier alpha value is -2.28. The van der Waals surface area contributed by atoms with Crippen molar-refractivity contribution in [2.45, 2.75) is 51.7 Å². The molecule has 7 nitrogen and oxygen atoms in total. The molecule has 1 aliphatic heterocycles. The third kappa shape index (κ3) is 3.49. The molecule has 2 aromatic rings. The lowest BCUT2D eigenvalue weighted by Gasteiger charge is -2.39. The third-order valence-electron chi connectivity index (χ3n) is 4.78. The van der Waals surface area contributed by atoms with Gasteiger partial charge in [0.2, 0.25) is 0 Å². The number of aryl methyl sites for hydroxylation is 1. The summed E-state index contributed by atoms with van der Waals surface area (Å²) in [4.78, 5) is 13.9. The topological polar surface area (TPSA) is 76.3 Å². The number of hydrogen-bond donors (Lipinski definition) is 1. The first-order chi connectivity index (χ1) is 12.1. The molecular formula is C19H27N3O4. The van der Waals surface area contributed by atoms with Crippen LogP contribution in [-0.4, -0.2) is 51.5 Å². The molecule has 0 spiro atoms. The molecule has 1 amide bonds. The number of nitrogens with zero attached hydrogens (tertiary/aromatic N) is 3. The van der Waals surface area contributed by atoms with E-state index >= 15 is 0 Å². The van der Waals surface area contributed by atoms with Gasteiger partial charge in [0.25, 0.3) is 0 Å². The van der Waals surface area contributed by atoms with Gasteiger partial charge in [-0.05, 0) is 52.2 Å². The Morgan fingerprint density at radius 3 is 2.54 bits per heavy atom. The van der Waals surface area contributed by atoms with Crippen LogP contribution in [0.5, 0.6) is 5.75 Å². The van der Waals surface area contributed by atoms with Crippen molar-refractivity contribution in [1.82, 2.24) is 14.5 Å². The quantitative estimate of drug-likeness (QED) is 0.890. The van der Waals surface area contributed by atoms with E-state index in [-0.39, 0.29) is 6.09 Å². The number of amides is 1. The first kappa shape index (κ1) is 18.5. The van der Waals surface area contributed by atoms with Gasteiger partial charge in [-0.15, -0.1) is 0 Å². The van der Waals surface area contributed by atoms with Crippen LogP contribution in [0.3, 0.4) is 0 Å². The number of aromatic nitrogens is 2. The summed E-state index contributed by atoms with van der Waals surface area (Å²) in [5.74, 6) is 0.591. The maximum atomic E-state index is 12.3. The lowest BCUT2D eigenvalue weighted by molar-refractivity contribution is -0.0367.